The van der Waals surface area contributed by atoms with E-state index in [2.05, 4.69) is 27.7 Å². The summed E-state index contributed by atoms with van der Waals surface area (Å²) in [6.07, 6.45) is 7.63. The standard InChI is InChI=1S/C13H26O2/c1-5-11-9-7-8-10-12(11)14-15-13(3,4)6-2/h11-12H,5-10H2,1-4H3. The van der Waals surface area contributed by atoms with E-state index in [1.165, 1.54) is 25.7 Å². The minimum atomic E-state index is -0.143. The van der Waals surface area contributed by atoms with Crippen molar-refractivity contribution >= 4 is 0 Å². The topological polar surface area (TPSA) is 18.5 Å². The summed E-state index contributed by atoms with van der Waals surface area (Å²) in [6.45, 7) is 8.53. The Morgan fingerprint density at radius 3 is 2.40 bits per heavy atom. The molecule has 0 aromatic carbocycles. The molecule has 1 aliphatic rings. The van der Waals surface area contributed by atoms with Crippen LogP contribution in [0, 0.1) is 5.92 Å². The van der Waals surface area contributed by atoms with Gasteiger partial charge in [0.25, 0.3) is 0 Å². The van der Waals surface area contributed by atoms with Crippen molar-refractivity contribution in [2.75, 3.05) is 0 Å². The third-order valence-electron chi connectivity index (χ3n) is 3.61. The Bertz CT molecular complexity index is 177. The average Bonchev–Trinajstić information content (AvgIpc) is 2.27. The van der Waals surface area contributed by atoms with Crippen molar-refractivity contribution in [1.29, 1.82) is 0 Å². The van der Waals surface area contributed by atoms with Crippen LogP contribution in [-0.4, -0.2) is 11.7 Å². The lowest BCUT2D eigenvalue weighted by molar-refractivity contribution is -0.387. The molecule has 0 amide bonds. The fourth-order valence-corrected chi connectivity index (χ4v) is 2.02. The van der Waals surface area contributed by atoms with Crippen molar-refractivity contribution in [3.8, 4) is 0 Å². The Balaban J connectivity index is 2.35. The van der Waals surface area contributed by atoms with E-state index < -0.39 is 0 Å². The normalized spacial score (nSPS) is 28.0. The lowest BCUT2D eigenvalue weighted by Gasteiger charge is -2.32. The van der Waals surface area contributed by atoms with E-state index in [9.17, 15) is 0 Å². The summed E-state index contributed by atoms with van der Waals surface area (Å²) >= 11 is 0. The maximum Gasteiger partial charge on any atom is 0.0977 e. The first kappa shape index (κ1) is 13.0. The van der Waals surface area contributed by atoms with Crippen molar-refractivity contribution in [3.05, 3.63) is 0 Å². The molecule has 0 bridgehead atoms. The monoisotopic (exact) mass is 214 g/mol. The van der Waals surface area contributed by atoms with E-state index in [-0.39, 0.29) is 5.60 Å². The van der Waals surface area contributed by atoms with Gasteiger partial charge in [0.1, 0.15) is 0 Å². The molecule has 1 rings (SSSR count). The minimum absolute atomic E-state index is 0.143. The summed E-state index contributed by atoms with van der Waals surface area (Å²) in [7, 11) is 0. The Hall–Kier alpha value is -0.0800. The zero-order valence-corrected chi connectivity index (χ0v) is 10.7. The molecule has 0 aliphatic heterocycles. The Morgan fingerprint density at radius 1 is 1.13 bits per heavy atom. The quantitative estimate of drug-likeness (QED) is 0.507. The molecular weight excluding hydrogens is 188 g/mol. The van der Waals surface area contributed by atoms with Gasteiger partial charge in [0, 0.05) is 0 Å². The highest BCUT2D eigenvalue weighted by atomic mass is 17.2. The molecule has 0 aromatic heterocycles. The van der Waals surface area contributed by atoms with E-state index in [4.69, 9.17) is 9.78 Å². The number of rotatable bonds is 5. The van der Waals surface area contributed by atoms with Crippen LogP contribution in [0.4, 0.5) is 0 Å². The Kier molecular flexibility index (Phi) is 5.07. The fourth-order valence-electron chi connectivity index (χ4n) is 2.02. The molecule has 2 unspecified atom stereocenters. The Labute approximate surface area is 94.3 Å². The molecule has 0 heterocycles. The van der Waals surface area contributed by atoms with Crippen molar-refractivity contribution in [2.45, 2.75) is 77.9 Å². The van der Waals surface area contributed by atoms with Gasteiger partial charge in [-0.05, 0) is 39.0 Å². The highest BCUT2D eigenvalue weighted by Gasteiger charge is 2.27. The van der Waals surface area contributed by atoms with Crippen LogP contribution in [0.3, 0.4) is 0 Å². The van der Waals surface area contributed by atoms with Crippen LogP contribution >= 0.6 is 0 Å². The maximum atomic E-state index is 5.64. The van der Waals surface area contributed by atoms with Gasteiger partial charge in [0.05, 0.1) is 11.7 Å². The van der Waals surface area contributed by atoms with E-state index in [1.807, 2.05) is 0 Å². The third-order valence-corrected chi connectivity index (χ3v) is 3.61. The predicted octanol–water partition coefficient (Wildman–Crippen LogP) is 4.09. The molecule has 15 heavy (non-hydrogen) atoms. The van der Waals surface area contributed by atoms with Gasteiger partial charge in [-0.3, -0.25) is 0 Å². The molecule has 0 saturated heterocycles. The van der Waals surface area contributed by atoms with Gasteiger partial charge in [0.15, 0.2) is 0 Å². The van der Waals surface area contributed by atoms with Crippen LogP contribution in [0.2, 0.25) is 0 Å². The largest absolute Gasteiger partial charge is 0.233 e. The van der Waals surface area contributed by atoms with E-state index >= 15 is 0 Å². The van der Waals surface area contributed by atoms with Crippen molar-refractivity contribution in [2.24, 2.45) is 5.92 Å². The molecule has 2 nitrogen and oxygen atoms in total. The van der Waals surface area contributed by atoms with E-state index in [0.717, 1.165) is 12.8 Å². The second-order valence-corrected chi connectivity index (χ2v) is 5.28. The minimum Gasteiger partial charge on any atom is -0.233 e. The SMILES string of the molecule is CCC1CCCCC1OOC(C)(C)CC. The molecular formula is C13H26O2. The van der Waals surface area contributed by atoms with Gasteiger partial charge in [-0.1, -0.05) is 33.1 Å². The number of hydrogen-bond acceptors (Lipinski definition) is 2. The van der Waals surface area contributed by atoms with Gasteiger partial charge in [-0.2, -0.15) is 0 Å². The van der Waals surface area contributed by atoms with Gasteiger partial charge in [0.2, 0.25) is 0 Å². The zero-order valence-electron chi connectivity index (χ0n) is 10.7. The van der Waals surface area contributed by atoms with Gasteiger partial charge >= 0.3 is 0 Å². The average molecular weight is 214 g/mol. The molecule has 0 N–H and O–H groups in total. The summed E-state index contributed by atoms with van der Waals surface area (Å²) in [6, 6.07) is 0. The van der Waals surface area contributed by atoms with Crippen LogP contribution in [0.5, 0.6) is 0 Å². The summed E-state index contributed by atoms with van der Waals surface area (Å²) in [4.78, 5) is 11.2. The molecule has 90 valence electrons. The third kappa shape index (κ3) is 4.12. The van der Waals surface area contributed by atoms with E-state index in [0.29, 0.717) is 12.0 Å². The first-order valence-electron chi connectivity index (χ1n) is 6.43. The first-order valence-corrected chi connectivity index (χ1v) is 6.43. The second kappa shape index (κ2) is 5.86. The number of hydrogen-bond donors (Lipinski definition) is 0. The molecule has 2 atom stereocenters. The van der Waals surface area contributed by atoms with Crippen molar-refractivity contribution < 1.29 is 9.78 Å². The van der Waals surface area contributed by atoms with Crippen LogP contribution in [0.25, 0.3) is 0 Å². The van der Waals surface area contributed by atoms with Crippen molar-refractivity contribution in [3.63, 3.8) is 0 Å². The lowest BCUT2D eigenvalue weighted by Crippen LogP contribution is -2.32. The van der Waals surface area contributed by atoms with Crippen molar-refractivity contribution in [1.82, 2.24) is 0 Å². The van der Waals surface area contributed by atoms with Crippen LogP contribution in [0.1, 0.15) is 66.2 Å². The van der Waals surface area contributed by atoms with Gasteiger partial charge in [-0.15, -0.1) is 0 Å². The van der Waals surface area contributed by atoms with Crippen LogP contribution in [0.15, 0.2) is 0 Å². The van der Waals surface area contributed by atoms with Gasteiger partial charge in [-0.25, -0.2) is 9.78 Å². The van der Waals surface area contributed by atoms with E-state index in [1.54, 1.807) is 0 Å². The fraction of sp³-hybridized carbons (Fsp3) is 1.00. The molecule has 1 aliphatic carbocycles. The maximum absolute atomic E-state index is 5.64. The molecule has 1 saturated carbocycles. The lowest BCUT2D eigenvalue weighted by atomic mass is 9.85. The smallest absolute Gasteiger partial charge is 0.0977 e. The second-order valence-electron chi connectivity index (χ2n) is 5.28. The Morgan fingerprint density at radius 2 is 1.80 bits per heavy atom. The predicted molar refractivity (Wildman–Crippen MR) is 62.6 cm³/mol. The zero-order chi connectivity index (χ0) is 11.3. The molecule has 0 radical (unpaired) electrons. The highest BCUT2D eigenvalue weighted by molar-refractivity contribution is 4.74. The van der Waals surface area contributed by atoms with Gasteiger partial charge < -0.3 is 0 Å². The summed E-state index contributed by atoms with van der Waals surface area (Å²) in [5.41, 5.74) is -0.143. The first-order chi connectivity index (χ1) is 7.09. The highest BCUT2D eigenvalue weighted by Crippen LogP contribution is 2.30. The molecule has 2 heteroatoms. The summed E-state index contributed by atoms with van der Waals surface area (Å²) in [5, 5.41) is 0. The molecule has 1 fully saturated rings. The summed E-state index contributed by atoms with van der Waals surface area (Å²) in [5.74, 6) is 0.700. The van der Waals surface area contributed by atoms with Crippen LogP contribution in [-0.2, 0) is 9.78 Å². The molecule has 0 spiro atoms. The molecule has 0 aromatic rings. The summed E-state index contributed by atoms with van der Waals surface area (Å²) < 4.78 is 0. The van der Waals surface area contributed by atoms with Crippen LogP contribution < -0.4 is 0 Å².